The monoisotopic (exact) mass is 358 g/mol. The number of hydrogen-bond donors (Lipinski definition) is 1. The van der Waals surface area contributed by atoms with Gasteiger partial charge in [-0.2, -0.15) is 0 Å². The smallest absolute Gasteiger partial charge is 0.287 e. The molecule has 2 bridgehead atoms. The van der Waals surface area contributed by atoms with Crippen LogP contribution in [0.2, 0.25) is 0 Å². The first-order chi connectivity index (χ1) is 12.5. The molecular weight excluding hydrogens is 328 g/mol. The second kappa shape index (κ2) is 6.86. The van der Waals surface area contributed by atoms with Gasteiger partial charge in [-0.15, -0.1) is 0 Å². The van der Waals surface area contributed by atoms with Gasteiger partial charge >= 0.3 is 0 Å². The minimum absolute atomic E-state index is 0.0334. The van der Waals surface area contributed by atoms with E-state index >= 15 is 0 Å². The lowest BCUT2D eigenvalue weighted by molar-refractivity contribution is 0.00290. The van der Waals surface area contributed by atoms with Gasteiger partial charge in [0.05, 0.1) is 18.0 Å². The Kier molecular flexibility index (Phi) is 4.70. The van der Waals surface area contributed by atoms with Gasteiger partial charge in [-0.25, -0.2) is 0 Å². The second-order valence-corrected chi connectivity index (χ2v) is 8.48. The summed E-state index contributed by atoms with van der Waals surface area (Å²) in [7, 11) is 0. The fourth-order valence-corrected chi connectivity index (χ4v) is 5.16. The van der Waals surface area contributed by atoms with Gasteiger partial charge in [-0.1, -0.05) is 11.6 Å². The summed E-state index contributed by atoms with van der Waals surface area (Å²) in [5.41, 5.74) is 2.30. The number of furan rings is 1. The third kappa shape index (κ3) is 3.12. The Morgan fingerprint density at radius 2 is 2.31 bits per heavy atom. The first-order valence-electron chi connectivity index (χ1n) is 9.84. The van der Waals surface area contributed by atoms with Gasteiger partial charge in [0, 0.05) is 43.6 Å². The highest BCUT2D eigenvalue weighted by Gasteiger charge is 2.62. The number of allylic oxidation sites excluding steroid dienone is 1. The van der Waals surface area contributed by atoms with Crippen LogP contribution in [0.15, 0.2) is 28.4 Å². The molecule has 1 amide bonds. The molecule has 142 valence electrons. The number of amides is 1. The van der Waals surface area contributed by atoms with Crippen LogP contribution in [0.3, 0.4) is 0 Å². The van der Waals surface area contributed by atoms with Crippen molar-refractivity contribution in [3.05, 3.63) is 35.3 Å². The molecule has 3 fully saturated rings. The number of carbonyl (C=O) groups is 1. The molecule has 5 nitrogen and oxygen atoms in total. The van der Waals surface area contributed by atoms with Crippen molar-refractivity contribution in [2.24, 2.45) is 11.8 Å². The lowest BCUT2D eigenvalue weighted by Crippen LogP contribution is -2.41. The number of fused-ring (bicyclic) bond motifs is 1. The van der Waals surface area contributed by atoms with Crippen LogP contribution in [-0.2, 0) is 4.74 Å². The normalized spacial score (nSPS) is 32.7. The summed E-state index contributed by atoms with van der Waals surface area (Å²) in [6, 6.07) is 1.83. The number of nitrogens with one attached hydrogen (secondary N) is 1. The maximum Gasteiger partial charge on any atom is 0.287 e. The third-order valence-corrected chi connectivity index (χ3v) is 6.42. The molecule has 0 unspecified atom stereocenters. The Bertz CT molecular complexity index is 706. The summed E-state index contributed by atoms with van der Waals surface area (Å²) in [5, 5.41) is 3.09. The first kappa shape index (κ1) is 17.8. The van der Waals surface area contributed by atoms with Gasteiger partial charge in [0.1, 0.15) is 0 Å². The number of nitrogens with zero attached hydrogens (tertiary/aromatic N) is 1. The number of carbonyl (C=O) groups excluding carboxylic acids is 1. The van der Waals surface area contributed by atoms with Crippen LogP contribution in [-0.4, -0.2) is 48.7 Å². The maximum atomic E-state index is 12.4. The standard InChI is InChI=1S/C21H30N2O3/c1-14(2)5-4-9-23-12-17-16(18-6-8-21(17,13-23)26-18)11-22-20(24)19-15(3)7-10-25-19/h5,7,10,16-18H,4,6,8-9,11-13H2,1-3H3,(H,22,24)/t16-,17+,18+,21+/m0/s1. The zero-order chi connectivity index (χ0) is 18.3. The number of rotatable bonds is 6. The van der Waals surface area contributed by atoms with Crippen molar-refractivity contribution >= 4 is 5.91 Å². The Hall–Kier alpha value is -1.59. The quantitative estimate of drug-likeness (QED) is 0.794. The Labute approximate surface area is 155 Å². The van der Waals surface area contributed by atoms with E-state index in [1.807, 2.05) is 13.0 Å². The van der Waals surface area contributed by atoms with Gasteiger partial charge in [-0.3, -0.25) is 9.69 Å². The average Bonchev–Trinajstić information content (AvgIpc) is 3.32. The van der Waals surface area contributed by atoms with E-state index in [-0.39, 0.29) is 11.5 Å². The second-order valence-electron chi connectivity index (χ2n) is 8.48. The Morgan fingerprint density at radius 3 is 3.04 bits per heavy atom. The van der Waals surface area contributed by atoms with Crippen LogP contribution in [0, 0.1) is 18.8 Å². The van der Waals surface area contributed by atoms with Gasteiger partial charge in [-0.05, 0) is 46.1 Å². The summed E-state index contributed by atoms with van der Waals surface area (Å²) in [4.78, 5) is 14.9. The molecule has 4 heterocycles. The minimum atomic E-state index is -0.109. The number of likely N-dealkylation sites (tertiary alicyclic amines) is 1. The van der Waals surface area contributed by atoms with Crippen molar-refractivity contribution < 1.29 is 13.9 Å². The number of hydrogen-bond acceptors (Lipinski definition) is 4. The first-order valence-corrected chi connectivity index (χ1v) is 9.84. The Morgan fingerprint density at radius 1 is 1.46 bits per heavy atom. The van der Waals surface area contributed by atoms with Crippen molar-refractivity contribution in [1.29, 1.82) is 0 Å². The molecule has 0 aliphatic carbocycles. The van der Waals surface area contributed by atoms with E-state index in [2.05, 4.69) is 30.1 Å². The highest BCUT2D eigenvalue weighted by Crippen LogP contribution is 2.54. The van der Waals surface area contributed by atoms with E-state index in [1.54, 1.807) is 6.26 Å². The largest absolute Gasteiger partial charge is 0.459 e. The molecule has 0 aromatic carbocycles. The summed E-state index contributed by atoms with van der Waals surface area (Å²) >= 11 is 0. The summed E-state index contributed by atoms with van der Waals surface area (Å²) < 4.78 is 11.8. The van der Waals surface area contributed by atoms with Crippen molar-refractivity contribution in [3.63, 3.8) is 0 Å². The van der Waals surface area contributed by atoms with Crippen molar-refractivity contribution in [3.8, 4) is 0 Å². The molecule has 1 N–H and O–H groups in total. The molecule has 26 heavy (non-hydrogen) atoms. The van der Waals surface area contributed by atoms with E-state index in [9.17, 15) is 4.79 Å². The molecule has 0 saturated carbocycles. The van der Waals surface area contributed by atoms with E-state index < -0.39 is 0 Å². The lowest BCUT2D eigenvalue weighted by atomic mass is 9.73. The molecule has 1 aromatic rings. The zero-order valence-corrected chi connectivity index (χ0v) is 16.1. The van der Waals surface area contributed by atoms with Crippen molar-refractivity contribution in [1.82, 2.24) is 10.2 Å². The highest BCUT2D eigenvalue weighted by molar-refractivity contribution is 5.92. The van der Waals surface area contributed by atoms with Crippen molar-refractivity contribution in [2.75, 3.05) is 26.2 Å². The van der Waals surface area contributed by atoms with Crippen LogP contribution >= 0.6 is 0 Å². The number of aryl methyl sites for hydroxylation is 1. The van der Waals surface area contributed by atoms with E-state index in [4.69, 9.17) is 9.15 Å². The topological polar surface area (TPSA) is 54.7 Å². The molecule has 4 atom stereocenters. The van der Waals surface area contributed by atoms with E-state index in [1.165, 1.54) is 12.0 Å². The fourth-order valence-electron chi connectivity index (χ4n) is 5.16. The minimum Gasteiger partial charge on any atom is -0.459 e. The summed E-state index contributed by atoms with van der Waals surface area (Å²) in [5.74, 6) is 1.27. The number of ether oxygens (including phenoxy) is 1. The summed E-state index contributed by atoms with van der Waals surface area (Å²) in [6.45, 7) is 10.1. The van der Waals surface area contributed by atoms with Gasteiger partial charge in [0.2, 0.25) is 0 Å². The zero-order valence-electron chi connectivity index (χ0n) is 16.1. The van der Waals surface area contributed by atoms with E-state index in [0.717, 1.165) is 38.0 Å². The molecule has 3 aliphatic rings. The van der Waals surface area contributed by atoms with Crippen molar-refractivity contribution in [2.45, 2.75) is 51.7 Å². The van der Waals surface area contributed by atoms with Crippen LogP contribution in [0.5, 0.6) is 0 Å². The van der Waals surface area contributed by atoms with E-state index in [0.29, 0.717) is 30.2 Å². The maximum absolute atomic E-state index is 12.4. The highest BCUT2D eigenvalue weighted by atomic mass is 16.5. The molecule has 5 heteroatoms. The van der Waals surface area contributed by atoms with Gasteiger partial charge < -0.3 is 14.5 Å². The van der Waals surface area contributed by atoms with Gasteiger partial charge in [0.15, 0.2) is 5.76 Å². The molecular formula is C21H30N2O3. The Balaban J connectivity index is 1.37. The molecule has 4 rings (SSSR count). The molecule has 3 aliphatic heterocycles. The molecule has 1 spiro atoms. The lowest BCUT2D eigenvalue weighted by Gasteiger charge is -2.29. The van der Waals surface area contributed by atoms with Crippen LogP contribution in [0.1, 0.15) is 49.2 Å². The van der Waals surface area contributed by atoms with Crippen LogP contribution in [0.25, 0.3) is 0 Å². The van der Waals surface area contributed by atoms with Crippen LogP contribution < -0.4 is 5.32 Å². The average molecular weight is 358 g/mol. The SMILES string of the molecule is CC(C)=CCCN1C[C@@H]2[C@H](CNC(=O)c3occc3C)[C@H]3CC[C@]2(C1)O3. The predicted molar refractivity (Wildman–Crippen MR) is 100 cm³/mol. The van der Waals surface area contributed by atoms with Crippen LogP contribution in [0.4, 0.5) is 0 Å². The molecule has 1 aromatic heterocycles. The fraction of sp³-hybridized carbons (Fsp3) is 0.667. The third-order valence-electron chi connectivity index (χ3n) is 6.42. The molecule has 0 radical (unpaired) electrons. The summed E-state index contributed by atoms with van der Waals surface area (Å²) in [6.07, 6.45) is 7.59. The predicted octanol–water partition coefficient (Wildman–Crippen LogP) is 3.15. The molecule has 3 saturated heterocycles. The van der Waals surface area contributed by atoms with Gasteiger partial charge in [0.25, 0.3) is 5.91 Å².